The third kappa shape index (κ3) is 2.17. The summed E-state index contributed by atoms with van der Waals surface area (Å²) in [5.41, 5.74) is 0. The Hall–Kier alpha value is 0.310. The molecule has 1 heterocycles. The monoisotopic (exact) mass is 160 g/mol. The van der Waals surface area contributed by atoms with Gasteiger partial charge in [-0.3, -0.25) is 0 Å². The van der Waals surface area contributed by atoms with E-state index in [0.717, 1.165) is 12.8 Å². The van der Waals surface area contributed by atoms with Gasteiger partial charge in [-0.25, -0.2) is 0 Å². The molecule has 0 aliphatic carbocycles. The second-order valence-corrected chi connectivity index (χ2v) is 4.13. The van der Waals surface area contributed by atoms with Crippen LogP contribution in [0.2, 0.25) is 0 Å². The topological polar surface area (TPSA) is 20.2 Å². The highest BCUT2D eigenvalue weighted by Crippen LogP contribution is 2.27. The Balaban J connectivity index is 2.18. The predicted octanol–water partition coefficient (Wildman–Crippen LogP) is 1.90. The molecule has 0 amide bonds. The summed E-state index contributed by atoms with van der Waals surface area (Å²) in [6.45, 7) is 2.13. The smallest absolute Gasteiger partial charge is 0.0576 e. The molecule has 1 nitrogen and oxygen atoms in total. The van der Waals surface area contributed by atoms with Crippen LogP contribution in [0.25, 0.3) is 0 Å². The first-order chi connectivity index (χ1) is 4.84. The highest BCUT2D eigenvalue weighted by atomic mass is 32.2. The number of thioether (sulfide) groups is 1. The fraction of sp³-hybridized carbons (Fsp3) is 1.00. The minimum Gasteiger partial charge on any atom is -0.393 e. The predicted molar refractivity (Wildman–Crippen MR) is 46.3 cm³/mol. The quantitative estimate of drug-likeness (QED) is 0.680. The molecule has 0 aromatic rings. The lowest BCUT2D eigenvalue weighted by Gasteiger charge is -2.15. The van der Waals surface area contributed by atoms with Crippen molar-refractivity contribution in [1.29, 1.82) is 0 Å². The van der Waals surface area contributed by atoms with Crippen molar-refractivity contribution >= 4 is 11.8 Å². The van der Waals surface area contributed by atoms with Crippen molar-refractivity contribution in [2.75, 3.05) is 11.5 Å². The van der Waals surface area contributed by atoms with Crippen LogP contribution in [0.15, 0.2) is 0 Å². The van der Waals surface area contributed by atoms with Crippen LogP contribution in [-0.2, 0) is 0 Å². The summed E-state index contributed by atoms with van der Waals surface area (Å²) >= 11 is 1.98. The normalized spacial score (nSPS) is 28.8. The minimum absolute atomic E-state index is 0.0139. The van der Waals surface area contributed by atoms with Gasteiger partial charge in [-0.15, -0.1) is 0 Å². The molecule has 1 rings (SSSR count). The van der Waals surface area contributed by atoms with Crippen molar-refractivity contribution in [3.05, 3.63) is 0 Å². The van der Waals surface area contributed by atoms with E-state index >= 15 is 0 Å². The maximum Gasteiger partial charge on any atom is 0.0576 e. The van der Waals surface area contributed by atoms with E-state index in [1.54, 1.807) is 0 Å². The van der Waals surface area contributed by atoms with Crippen LogP contribution in [-0.4, -0.2) is 22.7 Å². The number of aliphatic hydroxyl groups is 1. The third-order valence-electron chi connectivity index (χ3n) is 2.09. The lowest BCUT2D eigenvalue weighted by atomic mass is 9.98. The molecular formula is C8H16OS. The summed E-state index contributed by atoms with van der Waals surface area (Å²) in [4.78, 5) is 0. The van der Waals surface area contributed by atoms with E-state index in [1.165, 1.54) is 17.9 Å². The third-order valence-corrected chi connectivity index (χ3v) is 3.28. The van der Waals surface area contributed by atoms with Gasteiger partial charge in [0, 0.05) is 0 Å². The summed E-state index contributed by atoms with van der Waals surface area (Å²) in [7, 11) is 0. The second kappa shape index (κ2) is 4.24. The molecule has 0 bridgehead atoms. The van der Waals surface area contributed by atoms with Crippen LogP contribution >= 0.6 is 11.8 Å². The fourth-order valence-corrected chi connectivity index (χ4v) is 2.72. The Bertz CT molecular complexity index is 89.3. The molecule has 60 valence electrons. The zero-order valence-corrected chi connectivity index (χ0v) is 7.36. The van der Waals surface area contributed by atoms with Gasteiger partial charge >= 0.3 is 0 Å². The minimum atomic E-state index is -0.0139. The molecule has 0 saturated carbocycles. The van der Waals surface area contributed by atoms with Gasteiger partial charge in [-0.2, -0.15) is 11.8 Å². The summed E-state index contributed by atoms with van der Waals surface area (Å²) in [6, 6.07) is 0. The first-order valence-corrected chi connectivity index (χ1v) is 5.26. The number of rotatable bonds is 3. The molecule has 1 N–H and O–H groups in total. The Morgan fingerprint density at radius 2 is 2.50 bits per heavy atom. The van der Waals surface area contributed by atoms with E-state index in [0.29, 0.717) is 5.92 Å². The average Bonchev–Trinajstić information content (AvgIpc) is 2.38. The van der Waals surface area contributed by atoms with Crippen molar-refractivity contribution in [2.24, 2.45) is 5.92 Å². The van der Waals surface area contributed by atoms with E-state index in [9.17, 15) is 5.11 Å². The van der Waals surface area contributed by atoms with Crippen LogP contribution < -0.4 is 0 Å². The van der Waals surface area contributed by atoms with Gasteiger partial charge in [0.2, 0.25) is 0 Å². The van der Waals surface area contributed by atoms with Gasteiger partial charge in [-0.1, -0.05) is 13.3 Å². The highest BCUT2D eigenvalue weighted by Gasteiger charge is 2.22. The molecule has 2 atom stereocenters. The summed E-state index contributed by atoms with van der Waals surface area (Å²) in [6.07, 6.45) is 3.32. The molecule has 0 aromatic heterocycles. The van der Waals surface area contributed by atoms with Crippen LogP contribution in [0.3, 0.4) is 0 Å². The van der Waals surface area contributed by atoms with Crippen molar-refractivity contribution in [3.8, 4) is 0 Å². The van der Waals surface area contributed by atoms with Gasteiger partial charge in [0.05, 0.1) is 6.10 Å². The Kier molecular flexibility index (Phi) is 3.57. The van der Waals surface area contributed by atoms with Crippen LogP contribution in [0.5, 0.6) is 0 Å². The zero-order valence-electron chi connectivity index (χ0n) is 6.55. The van der Waals surface area contributed by atoms with Crippen LogP contribution in [0.4, 0.5) is 0 Å². The number of aliphatic hydroxyl groups excluding tert-OH is 1. The van der Waals surface area contributed by atoms with Gasteiger partial charge in [0.15, 0.2) is 0 Å². The maximum absolute atomic E-state index is 9.54. The summed E-state index contributed by atoms with van der Waals surface area (Å²) in [5.74, 6) is 3.04. The van der Waals surface area contributed by atoms with E-state index in [-0.39, 0.29) is 6.10 Å². The summed E-state index contributed by atoms with van der Waals surface area (Å²) < 4.78 is 0. The molecule has 1 fully saturated rings. The molecule has 0 spiro atoms. The Labute approximate surface area is 67.2 Å². The molecule has 1 aliphatic heterocycles. The SMILES string of the molecule is CCCC(O)C1CCSC1. The largest absolute Gasteiger partial charge is 0.393 e. The van der Waals surface area contributed by atoms with Crippen molar-refractivity contribution in [2.45, 2.75) is 32.3 Å². The van der Waals surface area contributed by atoms with E-state index in [2.05, 4.69) is 6.92 Å². The van der Waals surface area contributed by atoms with E-state index in [1.807, 2.05) is 11.8 Å². The standard InChI is InChI=1S/C8H16OS/c1-2-3-8(9)7-4-5-10-6-7/h7-9H,2-6H2,1H3. The maximum atomic E-state index is 9.54. The average molecular weight is 160 g/mol. The van der Waals surface area contributed by atoms with Crippen molar-refractivity contribution < 1.29 is 5.11 Å². The fourth-order valence-electron chi connectivity index (χ4n) is 1.39. The molecule has 2 heteroatoms. The zero-order chi connectivity index (χ0) is 7.40. The van der Waals surface area contributed by atoms with Crippen molar-refractivity contribution in [1.82, 2.24) is 0 Å². The van der Waals surface area contributed by atoms with E-state index in [4.69, 9.17) is 0 Å². The lowest BCUT2D eigenvalue weighted by Crippen LogP contribution is -2.19. The van der Waals surface area contributed by atoms with Crippen molar-refractivity contribution in [3.63, 3.8) is 0 Å². The van der Waals surface area contributed by atoms with Gasteiger partial charge in [0.1, 0.15) is 0 Å². The van der Waals surface area contributed by atoms with Gasteiger partial charge < -0.3 is 5.11 Å². The highest BCUT2D eigenvalue weighted by molar-refractivity contribution is 7.99. The second-order valence-electron chi connectivity index (χ2n) is 2.98. The van der Waals surface area contributed by atoms with Crippen LogP contribution in [0.1, 0.15) is 26.2 Å². The first-order valence-electron chi connectivity index (χ1n) is 4.10. The molecular weight excluding hydrogens is 144 g/mol. The molecule has 10 heavy (non-hydrogen) atoms. The van der Waals surface area contributed by atoms with Crippen LogP contribution in [0, 0.1) is 5.92 Å². The lowest BCUT2D eigenvalue weighted by molar-refractivity contribution is 0.110. The molecule has 1 aliphatic rings. The number of hydrogen-bond acceptors (Lipinski definition) is 2. The van der Waals surface area contributed by atoms with Gasteiger partial charge in [0.25, 0.3) is 0 Å². The molecule has 1 saturated heterocycles. The number of hydrogen-bond donors (Lipinski definition) is 1. The molecule has 0 aromatic carbocycles. The van der Waals surface area contributed by atoms with E-state index < -0.39 is 0 Å². The first kappa shape index (κ1) is 8.41. The Morgan fingerprint density at radius 3 is 3.00 bits per heavy atom. The molecule has 0 radical (unpaired) electrons. The summed E-state index contributed by atoms with van der Waals surface area (Å²) in [5, 5.41) is 9.54. The molecule has 2 unspecified atom stereocenters. The Morgan fingerprint density at radius 1 is 1.70 bits per heavy atom. The van der Waals surface area contributed by atoms with Gasteiger partial charge in [-0.05, 0) is 30.3 Å².